The number of hydrogen-bond acceptors (Lipinski definition) is 3. The minimum absolute atomic E-state index is 0.651. The topological polar surface area (TPSA) is 35.3 Å². The molecule has 3 aromatic rings. The van der Waals surface area contributed by atoms with Crippen molar-refractivity contribution in [2.75, 3.05) is 7.11 Å². The first-order valence-electron chi connectivity index (χ1n) is 5.89. The lowest BCUT2D eigenvalue weighted by Crippen LogP contribution is -1.88. The van der Waals surface area contributed by atoms with Crippen molar-refractivity contribution in [1.82, 2.24) is 4.98 Å². The fourth-order valence-corrected chi connectivity index (χ4v) is 2.43. The Balaban J connectivity index is 2.23. The first-order valence-corrected chi connectivity index (χ1v) is 6.27. The molecule has 0 amide bonds. The van der Waals surface area contributed by atoms with E-state index in [2.05, 4.69) is 4.98 Å². The van der Waals surface area contributed by atoms with Gasteiger partial charge in [-0.25, -0.2) is 4.98 Å². The number of halogens is 1. The third-order valence-electron chi connectivity index (χ3n) is 2.98. The Labute approximate surface area is 115 Å². The first kappa shape index (κ1) is 12.1. The minimum Gasteiger partial charge on any atom is -0.496 e. The van der Waals surface area contributed by atoms with Crippen molar-refractivity contribution in [3.05, 3.63) is 47.3 Å². The molecule has 1 heterocycles. The van der Waals surface area contributed by atoms with Crippen molar-refractivity contribution in [2.24, 2.45) is 0 Å². The molecule has 0 atom stereocenters. The quantitative estimate of drug-likeness (QED) is 0.691. The molecular formula is C15H12ClNO2. The van der Waals surface area contributed by atoms with Gasteiger partial charge >= 0.3 is 0 Å². The lowest BCUT2D eigenvalue weighted by atomic mass is 10.0. The summed E-state index contributed by atoms with van der Waals surface area (Å²) in [4.78, 5) is 4.33. The van der Waals surface area contributed by atoms with Crippen LogP contribution >= 0.6 is 11.6 Å². The van der Waals surface area contributed by atoms with Crippen molar-refractivity contribution in [2.45, 2.75) is 6.92 Å². The molecule has 0 spiro atoms. The van der Waals surface area contributed by atoms with Crippen LogP contribution in [-0.2, 0) is 0 Å². The molecule has 1 aromatic heterocycles. The highest BCUT2D eigenvalue weighted by molar-refractivity contribution is 6.33. The van der Waals surface area contributed by atoms with Gasteiger partial charge in [-0.05, 0) is 29.8 Å². The van der Waals surface area contributed by atoms with Gasteiger partial charge in [0.1, 0.15) is 11.3 Å². The molecule has 3 nitrogen and oxygen atoms in total. The van der Waals surface area contributed by atoms with Crippen LogP contribution in [0.5, 0.6) is 5.75 Å². The Morgan fingerprint density at radius 3 is 2.84 bits per heavy atom. The standard InChI is InChI=1S/C15H12ClNO2/c1-9-17-12-8-10(6-7-13(12)19-9)15-11(16)4-3-5-14(15)18-2/h3-8H,1-2H3. The number of oxazole rings is 1. The van der Waals surface area contributed by atoms with E-state index in [9.17, 15) is 0 Å². The number of ether oxygens (including phenoxy) is 1. The molecule has 0 bridgehead atoms. The minimum atomic E-state index is 0.651. The molecule has 3 rings (SSSR count). The van der Waals surface area contributed by atoms with Crippen LogP contribution in [0.4, 0.5) is 0 Å². The summed E-state index contributed by atoms with van der Waals surface area (Å²) in [5, 5.41) is 0.652. The van der Waals surface area contributed by atoms with E-state index < -0.39 is 0 Å². The molecule has 0 N–H and O–H groups in total. The molecule has 4 heteroatoms. The molecule has 0 saturated heterocycles. The molecule has 96 valence electrons. The predicted octanol–water partition coefficient (Wildman–Crippen LogP) is 4.47. The summed E-state index contributed by atoms with van der Waals surface area (Å²) in [6.07, 6.45) is 0. The summed E-state index contributed by atoms with van der Waals surface area (Å²) >= 11 is 6.28. The van der Waals surface area contributed by atoms with E-state index in [0.717, 1.165) is 28.0 Å². The number of methoxy groups -OCH3 is 1. The van der Waals surface area contributed by atoms with Crippen LogP contribution in [0.2, 0.25) is 5.02 Å². The molecule has 0 aliphatic carbocycles. The Hall–Kier alpha value is -2.00. The van der Waals surface area contributed by atoms with Crippen LogP contribution in [-0.4, -0.2) is 12.1 Å². The maximum absolute atomic E-state index is 6.28. The van der Waals surface area contributed by atoms with Crippen LogP contribution < -0.4 is 4.74 Å². The largest absolute Gasteiger partial charge is 0.496 e. The number of fused-ring (bicyclic) bond motifs is 1. The third-order valence-corrected chi connectivity index (χ3v) is 3.29. The number of aryl methyl sites for hydroxylation is 1. The predicted molar refractivity (Wildman–Crippen MR) is 75.7 cm³/mol. The highest BCUT2D eigenvalue weighted by atomic mass is 35.5. The van der Waals surface area contributed by atoms with Gasteiger partial charge in [0.15, 0.2) is 11.5 Å². The van der Waals surface area contributed by atoms with Gasteiger partial charge in [0.05, 0.1) is 12.1 Å². The van der Waals surface area contributed by atoms with Crippen molar-refractivity contribution in [3.8, 4) is 16.9 Å². The van der Waals surface area contributed by atoms with Crippen LogP contribution in [0, 0.1) is 6.92 Å². The summed E-state index contributed by atoms with van der Waals surface area (Å²) in [5.41, 5.74) is 3.42. The summed E-state index contributed by atoms with van der Waals surface area (Å²) in [6.45, 7) is 1.83. The van der Waals surface area contributed by atoms with Gasteiger partial charge in [-0.1, -0.05) is 23.7 Å². The second-order valence-electron chi connectivity index (χ2n) is 4.23. The van der Waals surface area contributed by atoms with Gasteiger partial charge in [-0.3, -0.25) is 0 Å². The molecule has 0 fully saturated rings. The third kappa shape index (κ3) is 2.06. The molecule has 2 aromatic carbocycles. The van der Waals surface area contributed by atoms with Gasteiger partial charge in [-0.2, -0.15) is 0 Å². The van der Waals surface area contributed by atoms with E-state index in [-0.39, 0.29) is 0 Å². The monoisotopic (exact) mass is 273 g/mol. The van der Waals surface area contributed by atoms with E-state index in [4.69, 9.17) is 20.8 Å². The molecule has 0 aliphatic rings. The van der Waals surface area contributed by atoms with Gasteiger partial charge in [0, 0.05) is 12.5 Å². The van der Waals surface area contributed by atoms with Gasteiger partial charge in [0.25, 0.3) is 0 Å². The zero-order valence-corrected chi connectivity index (χ0v) is 11.4. The van der Waals surface area contributed by atoms with E-state index >= 15 is 0 Å². The summed E-state index contributed by atoms with van der Waals surface area (Å²) < 4.78 is 10.8. The summed E-state index contributed by atoms with van der Waals surface area (Å²) in [6, 6.07) is 11.4. The molecule has 0 unspecified atom stereocenters. The summed E-state index contributed by atoms with van der Waals surface area (Å²) in [7, 11) is 1.63. The summed E-state index contributed by atoms with van der Waals surface area (Å²) in [5.74, 6) is 1.39. The average molecular weight is 274 g/mol. The second-order valence-corrected chi connectivity index (χ2v) is 4.64. The van der Waals surface area contributed by atoms with Crippen LogP contribution in [0.25, 0.3) is 22.2 Å². The van der Waals surface area contributed by atoms with Gasteiger partial charge < -0.3 is 9.15 Å². The molecule has 19 heavy (non-hydrogen) atoms. The lowest BCUT2D eigenvalue weighted by molar-refractivity contribution is 0.416. The molecular weight excluding hydrogens is 262 g/mol. The van der Waals surface area contributed by atoms with E-state index in [1.165, 1.54) is 0 Å². The van der Waals surface area contributed by atoms with E-state index in [1.807, 2.05) is 43.3 Å². The highest BCUT2D eigenvalue weighted by Crippen LogP contribution is 2.37. The fourth-order valence-electron chi connectivity index (χ4n) is 2.15. The lowest BCUT2D eigenvalue weighted by Gasteiger charge is -2.10. The van der Waals surface area contributed by atoms with Crippen molar-refractivity contribution < 1.29 is 9.15 Å². The maximum Gasteiger partial charge on any atom is 0.192 e. The Morgan fingerprint density at radius 2 is 2.05 bits per heavy atom. The number of nitrogens with zero attached hydrogens (tertiary/aromatic N) is 1. The van der Waals surface area contributed by atoms with Gasteiger partial charge in [0.2, 0.25) is 0 Å². The van der Waals surface area contributed by atoms with Crippen LogP contribution in [0.3, 0.4) is 0 Å². The zero-order valence-electron chi connectivity index (χ0n) is 10.6. The Kier molecular flexibility index (Phi) is 2.91. The number of benzene rings is 2. The highest BCUT2D eigenvalue weighted by Gasteiger charge is 2.12. The number of hydrogen-bond donors (Lipinski definition) is 0. The Morgan fingerprint density at radius 1 is 1.21 bits per heavy atom. The Bertz CT molecular complexity index is 749. The van der Waals surface area contributed by atoms with E-state index in [0.29, 0.717) is 10.9 Å². The van der Waals surface area contributed by atoms with Crippen molar-refractivity contribution in [3.63, 3.8) is 0 Å². The molecule has 0 saturated carbocycles. The maximum atomic E-state index is 6.28. The van der Waals surface area contributed by atoms with Crippen LogP contribution in [0.15, 0.2) is 40.8 Å². The SMILES string of the molecule is COc1cccc(Cl)c1-c1ccc2oc(C)nc2c1. The first-order chi connectivity index (χ1) is 9.19. The van der Waals surface area contributed by atoms with Crippen LogP contribution in [0.1, 0.15) is 5.89 Å². The molecule has 0 aliphatic heterocycles. The van der Waals surface area contributed by atoms with Crippen molar-refractivity contribution >= 4 is 22.7 Å². The molecule has 0 radical (unpaired) electrons. The average Bonchev–Trinajstić information content (AvgIpc) is 2.77. The normalized spacial score (nSPS) is 10.9. The second kappa shape index (κ2) is 4.59. The number of rotatable bonds is 2. The van der Waals surface area contributed by atoms with Crippen molar-refractivity contribution in [1.29, 1.82) is 0 Å². The smallest absolute Gasteiger partial charge is 0.192 e. The van der Waals surface area contributed by atoms with E-state index in [1.54, 1.807) is 7.11 Å². The number of aromatic nitrogens is 1. The zero-order chi connectivity index (χ0) is 13.4. The van der Waals surface area contributed by atoms with Gasteiger partial charge in [-0.15, -0.1) is 0 Å². The fraction of sp³-hybridized carbons (Fsp3) is 0.133.